The number of amides is 2. The van der Waals surface area contributed by atoms with E-state index in [9.17, 15) is 14.4 Å². The first kappa shape index (κ1) is 28.3. The van der Waals surface area contributed by atoms with E-state index in [1.165, 1.54) is 24.3 Å². The molecule has 0 saturated heterocycles. The van der Waals surface area contributed by atoms with E-state index >= 15 is 0 Å². The zero-order valence-corrected chi connectivity index (χ0v) is 23.5. The number of aryl methyl sites for hydroxylation is 2. The largest absolute Gasteiger partial charge is 0.480 e. The number of carbonyl (C=O) groups excluding carboxylic acids is 2. The monoisotopic (exact) mass is 586 g/mol. The summed E-state index contributed by atoms with van der Waals surface area (Å²) in [4.78, 5) is 38.4. The Morgan fingerprint density at radius 3 is 2.36 bits per heavy atom. The molecule has 4 rings (SSSR count). The highest BCUT2D eigenvalue weighted by molar-refractivity contribution is 6.40. The van der Waals surface area contributed by atoms with E-state index in [0.717, 1.165) is 15.8 Å². The Labute approximate surface area is 239 Å². The van der Waals surface area contributed by atoms with Crippen molar-refractivity contribution in [3.8, 4) is 11.4 Å². The molecule has 11 heteroatoms. The fourth-order valence-electron chi connectivity index (χ4n) is 3.94. The number of hydrogen-bond donors (Lipinski definition) is 3. The number of nitrogens with one attached hydrogen (secondary N) is 3. The molecule has 8 nitrogen and oxygen atoms in total. The maximum atomic E-state index is 12.9. The Balaban J connectivity index is 1.47. The van der Waals surface area contributed by atoms with Crippen LogP contribution in [-0.2, 0) is 4.79 Å². The molecule has 1 unspecified atom stereocenters. The van der Waals surface area contributed by atoms with Crippen molar-refractivity contribution in [2.75, 3.05) is 10.6 Å². The maximum Gasteiger partial charge on any atom is 0.273 e. The number of halogens is 3. The third kappa shape index (κ3) is 6.65. The lowest BCUT2D eigenvalue weighted by molar-refractivity contribution is -0.122. The Morgan fingerprint density at radius 1 is 0.974 bits per heavy atom. The molecule has 2 amide bonds. The van der Waals surface area contributed by atoms with E-state index in [1.54, 1.807) is 18.2 Å². The zero-order valence-electron chi connectivity index (χ0n) is 21.3. The molecule has 0 radical (unpaired) electrons. The smallest absolute Gasteiger partial charge is 0.273 e. The molecule has 1 atom stereocenters. The summed E-state index contributed by atoms with van der Waals surface area (Å²) in [6, 6.07) is 16.3. The summed E-state index contributed by atoms with van der Waals surface area (Å²) in [5.74, 6) is -0.0909. The van der Waals surface area contributed by atoms with Gasteiger partial charge in [0.2, 0.25) is 0 Å². The van der Waals surface area contributed by atoms with Crippen LogP contribution in [0.15, 0.2) is 65.5 Å². The molecule has 1 heterocycles. The van der Waals surface area contributed by atoms with Crippen molar-refractivity contribution in [1.82, 2.24) is 9.78 Å². The second-order valence-electron chi connectivity index (χ2n) is 8.87. The van der Waals surface area contributed by atoms with Crippen LogP contribution >= 0.6 is 34.8 Å². The molecule has 0 saturated carbocycles. The highest BCUT2D eigenvalue weighted by atomic mass is 35.5. The first-order chi connectivity index (χ1) is 18.5. The topological polar surface area (TPSA) is 105 Å². The number of aromatic amines is 1. The summed E-state index contributed by atoms with van der Waals surface area (Å²) in [5, 5.41) is 8.85. The first-order valence-electron chi connectivity index (χ1n) is 12.0. The standard InChI is InChI=1S/C28H25Cl3N4O4/c1-4-22(39-23-9-8-15(2)10-16(23)3)28(38)32-19-7-5-6-17(11-19)27(37)33-24-14-25(36)35(34-24)26-20(30)12-18(29)13-21(26)31/h5-14,22,34H,4H2,1-3H3,(H,32,38)(H,33,37). The van der Waals surface area contributed by atoms with Gasteiger partial charge in [-0.3, -0.25) is 19.5 Å². The van der Waals surface area contributed by atoms with Crippen LogP contribution in [0.25, 0.3) is 5.69 Å². The lowest BCUT2D eigenvalue weighted by Gasteiger charge is -2.19. The number of H-pyrrole nitrogens is 1. The number of hydrogen-bond acceptors (Lipinski definition) is 4. The lowest BCUT2D eigenvalue weighted by Crippen LogP contribution is -2.32. The third-order valence-corrected chi connectivity index (χ3v) is 6.62. The van der Waals surface area contributed by atoms with Crippen molar-refractivity contribution in [2.24, 2.45) is 0 Å². The van der Waals surface area contributed by atoms with Crippen molar-refractivity contribution in [1.29, 1.82) is 0 Å². The molecule has 1 aromatic heterocycles. The van der Waals surface area contributed by atoms with Crippen LogP contribution in [0.3, 0.4) is 0 Å². The predicted octanol–water partition coefficient (Wildman–Crippen LogP) is 6.79. The molecular weight excluding hydrogens is 563 g/mol. The van der Waals surface area contributed by atoms with Gasteiger partial charge in [0.25, 0.3) is 17.4 Å². The third-order valence-electron chi connectivity index (χ3n) is 5.83. The van der Waals surface area contributed by atoms with Gasteiger partial charge in [0.15, 0.2) is 6.10 Å². The van der Waals surface area contributed by atoms with Crippen LogP contribution in [0.4, 0.5) is 11.5 Å². The molecule has 0 aliphatic rings. The average molecular weight is 588 g/mol. The highest BCUT2D eigenvalue weighted by Gasteiger charge is 2.20. The van der Waals surface area contributed by atoms with Gasteiger partial charge in [0, 0.05) is 22.3 Å². The van der Waals surface area contributed by atoms with Gasteiger partial charge in [-0.05, 0) is 62.2 Å². The van der Waals surface area contributed by atoms with Crippen LogP contribution < -0.4 is 20.9 Å². The Kier molecular flexibility index (Phi) is 8.70. The van der Waals surface area contributed by atoms with Gasteiger partial charge in [-0.2, -0.15) is 0 Å². The molecule has 4 aromatic rings. The number of nitrogens with zero attached hydrogens (tertiary/aromatic N) is 1. The van der Waals surface area contributed by atoms with Crippen LogP contribution in [0, 0.1) is 13.8 Å². The molecular formula is C28H25Cl3N4O4. The minimum Gasteiger partial charge on any atom is -0.480 e. The maximum absolute atomic E-state index is 12.9. The van der Waals surface area contributed by atoms with Crippen LogP contribution in [-0.4, -0.2) is 27.7 Å². The Bertz CT molecular complexity index is 1590. The van der Waals surface area contributed by atoms with Gasteiger partial charge in [0.1, 0.15) is 17.3 Å². The van der Waals surface area contributed by atoms with Crippen molar-refractivity contribution < 1.29 is 14.3 Å². The molecule has 3 aromatic carbocycles. The van der Waals surface area contributed by atoms with Crippen molar-refractivity contribution in [3.63, 3.8) is 0 Å². The minimum absolute atomic E-state index is 0.120. The van der Waals surface area contributed by atoms with Gasteiger partial charge < -0.3 is 15.4 Å². The fourth-order valence-corrected chi connectivity index (χ4v) is 4.92. The molecule has 0 fully saturated rings. The molecule has 0 aliphatic heterocycles. The molecule has 0 bridgehead atoms. The van der Waals surface area contributed by atoms with Gasteiger partial charge >= 0.3 is 0 Å². The number of aromatic nitrogens is 2. The van der Waals surface area contributed by atoms with Gasteiger partial charge in [-0.15, -0.1) is 0 Å². The lowest BCUT2D eigenvalue weighted by atomic mass is 10.1. The second kappa shape index (κ2) is 12.0. The number of benzene rings is 3. The SMILES string of the molecule is CCC(Oc1ccc(C)cc1C)C(=O)Nc1cccc(C(=O)Nc2cc(=O)n(-c3c(Cl)cc(Cl)cc3Cl)[nH]2)c1. The van der Waals surface area contributed by atoms with E-state index in [-0.39, 0.29) is 33.0 Å². The predicted molar refractivity (Wildman–Crippen MR) is 155 cm³/mol. The Morgan fingerprint density at radius 2 is 1.69 bits per heavy atom. The van der Waals surface area contributed by atoms with E-state index in [4.69, 9.17) is 39.5 Å². The van der Waals surface area contributed by atoms with Crippen molar-refractivity contribution >= 4 is 58.1 Å². The van der Waals surface area contributed by atoms with E-state index in [2.05, 4.69) is 15.7 Å². The molecule has 0 aliphatic carbocycles. The Hall–Kier alpha value is -3.72. The van der Waals surface area contributed by atoms with Gasteiger partial charge in [-0.1, -0.05) is 65.5 Å². The van der Waals surface area contributed by atoms with Crippen LogP contribution in [0.2, 0.25) is 15.1 Å². The molecule has 202 valence electrons. The summed E-state index contributed by atoms with van der Waals surface area (Å²) in [6.07, 6.45) is -0.272. The van der Waals surface area contributed by atoms with Gasteiger partial charge in [-0.25, -0.2) is 4.68 Å². The summed E-state index contributed by atoms with van der Waals surface area (Å²) in [7, 11) is 0. The van der Waals surface area contributed by atoms with E-state index < -0.39 is 17.6 Å². The van der Waals surface area contributed by atoms with Crippen LogP contribution in [0.5, 0.6) is 5.75 Å². The normalized spacial score (nSPS) is 11.6. The summed E-state index contributed by atoms with van der Waals surface area (Å²) >= 11 is 18.4. The second-order valence-corrected chi connectivity index (χ2v) is 10.1. The quantitative estimate of drug-likeness (QED) is 0.211. The molecule has 3 N–H and O–H groups in total. The van der Waals surface area contributed by atoms with Crippen LogP contribution in [0.1, 0.15) is 34.8 Å². The summed E-state index contributed by atoms with van der Waals surface area (Å²) in [5.41, 5.74) is 2.42. The summed E-state index contributed by atoms with van der Waals surface area (Å²) in [6.45, 7) is 5.77. The fraction of sp³-hybridized carbons (Fsp3) is 0.179. The molecule has 0 spiro atoms. The van der Waals surface area contributed by atoms with Crippen molar-refractivity contribution in [3.05, 3.63) is 103 Å². The average Bonchev–Trinajstić information content (AvgIpc) is 3.22. The number of anilines is 2. The summed E-state index contributed by atoms with van der Waals surface area (Å²) < 4.78 is 7.06. The molecule has 39 heavy (non-hydrogen) atoms. The van der Waals surface area contributed by atoms with E-state index in [0.29, 0.717) is 22.9 Å². The number of carbonyl (C=O) groups is 2. The minimum atomic E-state index is -0.722. The van der Waals surface area contributed by atoms with Gasteiger partial charge in [0.05, 0.1) is 10.0 Å². The van der Waals surface area contributed by atoms with E-state index in [1.807, 2.05) is 39.0 Å². The zero-order chi connectivity index (χ0) is 28.3. The number of ether oxygens (including phenoxy) is 1. The van der Waals surface area contributed by atoms with Crippen molar-refractivity contribution in [2.45, 2.75) is 33.3 Å². The first-order valence-corrected chi connectivity index (χ1v) is 13.1. The number of rotatable bonds is 8. The highest BCUT2D eigenvalue weighted by Crippen LogP contribution is 2.31.